The Morgan fingerprint density at radius 1 is 1.06 bits per heavy atom. The van der Waals surface area contributed by atoms with Gasteiger partial charge in [-0.3, -0.25) is 14.6 Å². The molecule has 166 valence electrons. The van der Waals surface area contributed by atoms with Gasteiger partial charge in [0.1, 0.15) is 0 Å². The Hall–Kier alpha value is -2.89. The number of nitrogens with zero attached hydrogens (tertiary/aromatic N) is 2. The van der Waals surface area contributed by atoms with Crippen molar-refractivity contribution in [1.29, 1.82) is 0 Å². The van der Waals surface area contributed by atoms with Crippen LogP contribution >= 0.6 is 0 Å². The van der Waals surface area contributed by atoms with Crippen molar-refractivity contribution >= 4 is 23.2 Å². The summed E-state index contributed by atoms with van der Waals surface area (Å²) in [5.74, 6) is -0.131. The van der Waals surface area contributed by atoms with Crippen LogP contribution in [0.25, 0.3) is 0 Å². The van der Waals surface area contributed by atoms with Crippen LogP contribution < -0.4 is 15.5 Å². The number of nitrogens with one attached hydrogen (secondary N) is 2. The van der Waals surface area contributed by atoms with Crippen LogP contribution in [0.2, 0.25) is 0 Å². The molecule has 3 rings (SSSR count). The van der Waals surface area contributed by atoms with E-state index in [9.17, 15) is 9.59 Å². The maximum Gasteiger partial charge on any atom is 0.253 e. The molecule has 31 heavy (non-hydrogen) atoms. The number of carbonyl (C=O) groups is 2. The molecule has 1 aliphatic heterocycles. The molecular formula is C25H34N4O2. The van der Waals surface area contributed by atoms with Gasteiger partial charge in [-0.05, 0) is 49.1 Å². The van der Waals surface area contributed by atoms with Gasteiger partial charge in [-0.2, -0.15) is 0 Å². The maximum absolute atomic E-state index is 13.0. The summed E-state index contributed by atoms with van der Waals surface area (Å²) in [7, 11) is 0. The summed E-state index contributed by atoms with van der Waals surface area (Å²) in [5, 5.41) is 5.97. The lowest BCUT2D eigenvalue weighted by molar-refractivity contribution is -0.116. The third-order valence-corrected chi connectivity index (χ3v) is 5.65. The molecule has 1 aliphatic rings. The minimum atomic E-state index is -0.138. The van der Waals surface area contributed by atoms with E-state index in [-0.39, 0.29) is 11.8 Å². The molecule has 2 N–H and O–H groups in total. The number of carbonyl (C=O) groups excluding carboxylic acids is 2. The van der Waals surface area contributed by atoms with Crippen LogP contribution in [0.3, 0.4) is 0 Å². The first-order valence-electron chi connectivity index (χ1n) is 11.5. The second-order valence-electron chi connectivity index (χ2n) is 8.18. The number of unbranched alkanes of at least 4 members (excludes halogenated alkanes) is 4. The van der Waals surface area contributed by atoms with Gasteiger partial charge in [-0.15, -0.1) is 0 Å². The van der Waals surface area contributed by atoms with Gasteiger partial charge in [0.15, 0.2) is 0 Å². The summed E-state index contributed by atoms with van der Waals surface area (Å²) in [6.45, 7) is 4.50. The first-order chi connectivity index (χ1) is 15.2. The molecule has 0 spiro atoms. The zero-order valence-electron chi connectivity index (χ0n) is 18.5. The molecule has 0 radical (unpaired) electrons. The second kappa shape index (κ2) is 12.1. The number of hydrogen-bond donors (Lipinski definition) is 2. The Kier molecular flexibility index (Phi) is 8.88. The third kappa shape index (κ3) is 7.09. The normalized spacial score (nSPS) is 13.3. The molecule has 0 aliphatic carbocycles. The summed E-state index contributed by atoms with van der Waals surface area (Å²) in [6, 6.07) is 9.46. The minimum absolute atomic E-state index is 0.00661. The monoisotopic (exact) mass is 422 g/mol. The van der Waals surface area contributed by atoms with E-state index in [1.54, 1.807) is 18.5 Å². The van der Waals surface area contributed by atoms with E-state index in [1.807, 2.05) is 24.3 Å². The van der Waals surface area contributed by atoms with Crippen molar-refractivity contribution in [3.63, 3.8) is 0 Å². The summed E-state index contributed by atoms with van der Waals surface area (Å²) >= 11 is 0. The molecule has 2 heterocycles. The van der Waals surface area contributed by atoms with Crippen LogP contribution in [0.5, 0.6) is 0 Å². The van der Waals surface area contributed by atoms with E-state index in [0.717, 1.165) is 50.0 Å². The topological polar surface area (TPSA) is 74.3 Å². The highest BCUT2D eigenvalue weighted by molar-refractivity contribution is 6.02. The summed E-state index contributed by atoms with van der Waals surface area (Å²) in [5.41, 5.74) is 3.16. The fourth-order valence-corrected chi connectivity index (χ4v) is 3.92. The SMILES string of the molecule is CCCCCCCC(=O)Nc1ccc(N2CCCC2)c(C(=O)NCc2cccnc2)c1. The van der Waals surface area contributed by atoms with E-state index in [0.29, 0.717) is 24.2 Å². The molecule has 2 aromatic rings. The summed E-state index contributed by atoms with van der Waals surface area (Å²) < 4.78 is 0. The van der Waals surface area contributed by atoms with Crippen molar-refractivity contribution in [3.05, 3.63) is 53.9 Å². The zero-order valence-corrected chi connectivity index (χ0v) is 18.5. The molecule has 1 aromatic carbocycles. The van der Waals surface area contributed by atoms with Crippen LogP contribution in [0.4, 0.5) is 11.4 Å². The highest BCUT2D eigenvalue weighted by Gasteiger charge is 2.20. The highest BCUT2D eigenvalue weighted by atomic mass is 16.2. The number of benzene rings is 1. The fraction of sp³-hybridized carbons (Fsp3) is 0.480. The minimum Gasteiger partial charge on any atom is -0.371 e. The van der Waals surface area contributed by atoms with Crippen molar-refractivity contribution < 1.29 is 9.59 Å². The predicted octanol–water partition coefficient (Wildman–Crippen LogP) is 4.91. The fourth-order valence-electron chi connectivity index (χ4n) is 3.92. The largest absolute Gasteiger partial charge is 0.371 e. The zero-order chi connectivity index (χ0) is 21.9. The van der Waals surface area contributed by atoms with Gasteiger partial charge in [0.05, 0.1) is 5.56 Å². The lowest BCUT2D eigenvalue weighted by atomic mass is 10.1. The molecule has 0 atom stereocenters. The number of aromatic nitrogens is 1. The Balaban J connectivity index is 1.66. The number of amides is 2. The van der Waals surface area contributed by atoms with E-state index in [4.69, 9.17) is 0 Å². The highest BCUT2D eigenvalue weighted by Crippen LogP contribution is 2.28. The smallest absolute Gasteiger partial charge is 0.253 e. The van der Waals surface area contributed by atoms with E-state index in [1.165, 1.54) is 19.3 Å². The number of hydrogen-bond acceptors (Lipinski definition) is 4. The van der Waals surface area contributed by atoms with Crippen molar-refractivity contribution in [1.82, 2.24) is 10.3 Å². The van der Waals surface area contributed by atoms with Gasteiger partial charge in [0, 0.05) is 49.8 Å². The Morgan fingerprint density at radius 3 is 2.61 bits per heavy atom. The molecule has 0 bridgehead atoms. The number of anilines is 2. The van der Waals surface area contributed by atoms with Crippen molar-refractivity contribution in [3.8, 4) is 0 Å². The first-order valence-corrected chi connectivity index (χ1v) is 11.5. The molecular weight excluding hydrogens is 388 g/mol. The maximum atomic E-state index is 13.0. The Bertz CT molecular complexity index is 848. The van der Waals surface area contributed by atoms with Gasteiger partial charge in [-0.25, -0.2) is 0 Å². The van der Waals surface area contributed by atoms with E-state index in [2.05, 4.69) is 27.4 Å². The van der Waals surface area contributed by atoms with Crippen molar-refractivity contribution in [2.24, 2.45) is 0 Å². The molecule has 6 nitrogen and oxygen atoms in total. The average molecular weight is 423 g/mol. The van der Waals surface area contributed by atoms with Gasteiger partial charge in [0.25, 0.3) is 5.91 Å². The van der Waals surface area contributed by atoms with E-state index >= 15 is 0 Å². The first kappa shape index (κ1) is 22.8. The number of rotatable bonds is 11. The van der Waals surface area contributed by atoms with Gasteiger partial charge >= 0.3 is 0 Å². The molecule has 1 fully saturated rings. The van der Waals surface area contributed by atoms with Gasteiger partial charge < -0.3 is 15.5 Å². The molecule has 1 saturated heterocycles. The van der Waals surface area contributed by atoms with Crippen LogP contribution in [0.1, 0.15) is 74.2 Å². The van der Waals surface area contributed by atoms with Crippen molar-refractivity contribution in [2.75, 3.05) is 23.3 Å². The molecule has 0 unspecified atom stereocenters. The number of pyridine rings is 1. The van der Waals surface area contributed by atoms with Crippen LogP contribution in [0.15, 0.2) is 42.7 Å². The third-order valence-electron chi connectivity index (χ3n) is 5.65. The molecule has 0 saturated carbocycles. The van der Waals surface area contributed by atoms with E-state index < -0.39 is 0 Å². The average Bonchev–Trinajstić information content (AvgIpc) is 3.33. The molecule has 1 aromatic heterocycles. The molecule has 6 heteroatoms. The lowest BCUT2D eigenvalue weighted by Crippen LogP contribution is -2.27. The van der Waals surface area contributed by atoms with Crippen LogP contribution in [-0.2, 0) is 11.3 Å². The predicted molar refractivity (Wildman–Crippen MR) is 125 cm³/mol. The standard InChI is InChI=1S/C25H34N4O2/c1-2-3-4-5-6-11-24(30)28-21-12-13-23(29-15-7-8-16-29)22(17-21)25(31)27-19-20-10-9-14-26-18-20/h9-10,12-14,17-18H,2-8,11,15-16,19H2,1H3,(H,27,31)(H,28,30). The van der Waals surface area contributed by atoms with Crippen LogP contribution in [-0.4, -0.2) is 29.9 Å². The van der Waals surface area contributed by atoms with Gasteiger partial charge in [-0.1, -0.05) is 38.7 Å². The Labute approximate surface area is 185 Å². The van der Waals surface area contributed by atoms with Crippen LogP contribution in [0, 0.1) is 0 Å². The summed E-state index contributed by atoms with van der Waals surface area (Å²) in [4.78, 5) is 31.7. The summed E-state index contributed by atoms with van der Waals surface area (Å²) in [6.07, 6.45) is 11.8. The van der Waals surface area contributed by atoms with Crippen molar-refractivity contribution in [2.45, 2.75) is 64.8 Å². The molecule has 2 amide bonds. The quantitative estimate of drug-likeness (QED) is 0.505. The lowest BCUT2D eigenvalue weighted by Gasteiger charge is -2.22. The Morgan fingerprint density at radius 2 is 1.87 bits per heavy atom. The van der Waals surface area contributed by atoms with Gasteiger partial charge in [0.2, 0.25) is 5.91 Å². The second-order valence-corrected chi connectivity index (χ2v) is 8.18.